The Morgan fingerprint density at radius 1 is 1.29 bits per heavy atom. The van der Waals surface area contributed by atoms with Crippen molar-refractivity contribution in [3.05, 3.63) is 59.4 Å². The molecular weight excluding hydrogens is 290 g/mol. The van der Waals surface area contributed by atoms with Crippen LogP contribution in [-0.2, 0) is 16.6 Å². The lowest BCUT2D eigenvalue weighted by Crippen LogP contribution is -2.24. The first-order chi connectivity index (χ1) is 9.86. The van der Waals surface area contributed by atoms with Crippen LogP contribution in [0.15, 0.2) is 47.5 Å². The van der Waals surface area contributed by atoms with Gasteiger partial charge in [-0.05, 0) is 42.8 Å². The molecule has 0 spiro atoms. The lowest BCUT2D eigenvalue weighted by molar-refractivity contribution is 0.0950. The fraction of sp³-hybridized carbons (Fsp3) is 0.143. The molecule has 110 valence electrons. The average Bonchev–Trinajstić information content (AvgIpc) is 2.44. The van der Waals surface area contributed by atoms with Crippen LogP contribution in [0.25, 0.3) is 0 Å². The third-order valence-corrected chi connectivity index (χ3v) is 3.69. The van der Waals surface area contributed by atoms with Crippen LogP contribution in [0, 0.1) is 6.92 Å². The predicted molar refractivity (Wildman–Crippen MR) is 78.0 cm³/mol. The zero-order valence-electron chi connectivity index (χ0n) is 11.4. The Bertz CT molecular complexity index is 758. The van der Waals surface area contributed by atoms with Gasteiger partial charge in [0, 0.05) is 11.8 Å². The second-order valence-electron chi connectivity index (χ2n) is 4.58. The second-order valence-corrected chi connectivity index (χ2v) is 6.14. The van der Waals surface area contributed by atoms with Gasteiger partial charge in [0.15, 0.2) is 0 Å². The Morgan fingerprint density at radius 2 is 2.05 bits per heavy atom. The summed E-state index contributed by atoms with van der Waals surface area (Å²) in [6.07, 6.45) is 1.63. The summed E-state index contributed by atoms with van der Waals surface area (Å²) < 4.78 is 22.8. The van der Waals surface area contributed by atoms with E-state index in [1.807, 2.05) is 6.07 Å². The van der Waals surface area contributed by atoms with Gasteiger partial charge in [0.2, 0.25) is 10.0 Å². The van der Waals surface area contributed by atoms with E-state index in [4.69, 9.17) is 5.14 Å². The number of nitrogens with zero attached hydrogens (tertiary/aromatic N) is 1. The molecule has 0 aliphatic heterocycles. The fourth-order valence-electron chi connectivity index (χ4n) is 1.82. The highest BCUT2D eigenvalue weighted by atomic mass is 32.2. The third kappa shape index (κ3) is 4.11. The number of rotatable bonds is 4. The molecule has 6 nitrogen and oxygen atoms in total. The fourth-order valence-corrected chi connectivity index (χ4v) is 2.46. The highest BCUT2D eigenvalue weighted by Crippen LogP contribution is 2.13. The van der Waals surface area contributed by atoms with Crippen LogP contribution >= 0.6 is 0 Å². The number of carbonyl (C=O) groups excluding carboxylic acids is 1. The summed E-state index contributed by atoms with van der Waals surface area (Å²) in [5.74, 6) is -0.380. The monoisotopic (exact) mass is 305 g/mol. The number of hydrogen-bond donors (Lipinski definition) is 2. The van der Waals surface area contributed by atoms with Gasteiger partial charge in [-0.3, -0.25) is 9.78 Å². The maximum atomic E-state index is 12.1. The summed E-state index contributed by atoms with van der Waals surface area (Å²) in [7, 11) is -3.84. The van der Waals surface area contributed by atoms with E-state index in [-0.39, 0.29) is 22.9 Å². The van der Waals surface area contributed by atoms with E-state index in [1.54, 1.807) is 31.3 Å². The molecule has 0 aliphatic carbocycles. The molecule has 0 fully saturated rings. The van der Waals surface area contributed by atoms with E-state index < -0.39 is 10.0 Å². The van der Waals surface area contributed by atoms with Gasteiger partial charge in [-0.15, -0.1) is 0 Å². The van der Waals surface area contributed by atoms with Crippen molar-refractivity contribution < 1.29 is 13.2 Å². The summed E-state index contributed by atoms with van der Waals surface area (Å²) in [6, 6.07) is 9.67. The van der Waals surface area contributed by atoms with Crippen LogP contribution < -0.4 is 10.5 Å². The van der Waals surface area contributed by atoms with Crippen LogP contribution in [0.3, 0.4) is 0 Å². The predicted octanol–water partition coefficient (Wildman–Crippen LogP) is 0.967. The van der Waals surface area contributed by atoms with E-state index in [0.29, 0.717) is 11.3 Å². The van der Waals surface area contributed by atoms with Gasteiger partial charge in [-0.2, -0.15) is 0 Å². The van der Waals surface area contributed by atoms with E-state index >= 15 is 0 Å². The number of amides is 1. The smallest absolute Gasteiger partial charge is 0.251 e. The minimum Gasteiger partial charge on any atom is -0.346 e. The number of benzene rings is 1. The second kappa shape index (κ2) is 6.02. The molecule has 0 unspecified atom stereocenters. The number of nitrogens with one attached hydrogen (secondary N) is 1. The van der Waals surface area contributed by atoms with Crippen molar-refractivity contribution in [2.75, 3.05) is 0 Å². The standard InChI is InChI=1S/C14H15N3O3S/c1-10-6-11(8-13(7-10)21(15,19)20)14(18)17-9-12-4-2-3-5-16-12/h2-8H,9H2,1H3,(H,17,18)(H2,15,19,20). The molecule has 0 atom stereocenters. The van der Waals surface area contributed by atoms with E-state index in [9.17, 15) is 13.2 Å². The van der Waals surface area contributed by atoms with Crippen LogP contribution in [-0.4, -0.2) is 19.3 Å². The first kappa shape index (κ1) is 15.1. The van der Waals surface area contributed by atoms with Gasteiger partial charge in [-0.25, -0.2) is 13.6 Å². The molecular formula is C14H15N3O3S. The SMILES string of the molecule is Cc1cc(C(=O)NCc2ccccn2)cc(S(N)(=O)=O)c1. The van der Waals surface area contributed by atoms with Gasteiger partial charge in [-0.1, -0.05) is 6.07 Å². The van der Waals surface area contributed by atoms with Gasteiger partial charge in [0.1, 0.15) is 0 Å². The molecule has 1 amide bonds. The molecule has 0 saturated heterocycles. The van der Waals surface area contributed by atoms with E-state index in [0.717, 1.165) is 0 Å². The van der Waals surface area contributed by atoms with Crippen molar-refractivity contribution in [2.24, 2.45) is 5.14 Å². The van der Waals surface area contributed by atoms with E-state index in [1.165, 1.54) is 12.1 Å². The zero-order chi connectivity index (χ0) is 15.5. The number of sulfonamides is 1. The van der Waals surface area contributed by atoms with Crippen molar-refractivity contribution in [3.8, 4) is 0 Å². The number of carbonyl (C=O) groups is 1. The first-order valence-electron chi connectivity index (χ1n) is 6.19. The number of aromatic nitrogens is 1. The normalized spacial score (nSPS) is 11.1. The molecule has 21 heavy (non-hydrogen) atoms. The number of nitrogens with two attached hydrogens (primary N) is 1. The summed E-state index contributed by atoms with van der Waals surface area (Å²) >= 11 is 0. The molecule has 0 aliphatic rings. The van der Waals surface area contributed by atoms with Gasteiger partial charge < -0.3 is 5.32 Å². The molecule has 0 radical (unpaired) electrons. The summed E-state index contributed by atoms with van der Waals surface area (Å²) in [6.45, 7) is 1.96. The summed E-state index contributed by atoms with van der Waals surface area (Å²) in [5.41, 5.74) is 1.60. The van der Waals surface area contributed by atoms with Crippen LogP contribution in [0.2, 0.25) is 0 Å². The molecule has 2 rings (SSSR count). The van der Waals surface area contributed by atoms with Crippen LogP contribution in [0.4, 0.5) is 0 Å². The molecule has 3 N–H and O–H groups in total. The molecule has 1 heterocycles. The largest absolute Gasteiger partial charge is 0.346 e. The lowest BCUT2D eigenvalue weighted by Gasteiger charge is -2.07. The average molecular weight is 305 g/mol. The van der Waals surface area contributed by atoms with Gasteiger partial charge in [0.25, 0.3) is 5.91 Å². The van der Waals surface area contributed by atoms with Crippen molar-refractivity contribution >= 4 is 15.9 Å². The Hall–Kier alpha value is -2.25. The van der Waals surface area contributed by atoms with E-state index in [2.05, 4.69) is 10.3 Å². The lowest BCUT2D eigenvalue weighted by atomic mass is 10.1. The van der Waals surface area contributed by atoms with Crippen molar-refractivity contribution in [3.63, 3.8) is 0 Å². The van der Waals surface area contributed by atoms with Gasteiger partial charge >= 0.3 is 0 Å². The molecule has 7 heteroatoms. The van der Waals surface area contributed by atoms with Crippen molar-refractivity contribution in [1.82, 2.24) is 10.3 Å². The topological polar surface area (TPSA) is 102 Å². The van der Waals surface area contributed by atoms with Crippen LogP contribution in [0.1, 0.15) is 21.6 Å². The molecule has 0 saturated carbocycles. The maximum Gasteiger partial charge on any atom is 0.251 e. The van der Waals surface area contributed by atoms with Crippen molar-refractivity contribution in [1.29, 1.82) is 0 Å². The minimum absolute atomic E-state index is 0.0783. The van der Waals surface area contributed by atoms with Crippen LogP contribution in [0.5, 0.6) is 0 Å². The Labute approximate surface area is 123 Å². The number of pyridine rings is 1. The summed E-state index contributed by atoms with van der Waals surface area (Å²) in [5, 5.41) is 7.77. The zero-order valence-corrected chi connectivity index (χ0v) is 12.2. The Balaban J connectivity index is 2.18. The molecule has 2 aromatic rings. The van der Waals surface area contributed by atoms with Crippen molar-refractivity contribution in [2.45, 2.75) is 18.4 Å². The third-order valence-electron chi connectivity index (χ3n) is 2.80. The minimum atomic E-state index is -3.84. The number of primary sulfonamides is 1. The number of aryl methyl sites for hydroxylation is 1. The molecule has 1 aromatic heterocycles. The first-order valence-corrected chi connectivity index (χ1v) is 7.73. The highest BCUT2D eigenvalue weighted by molar-refractivity contribution is 7.89. The Kier molecular flexibility index (Phi) is 4.35. The Morgan fingerprint density at radius 3 is 2.67 bits per heavy atom. The summed E-state index contributed by atoms with van der Waals surface area (Å²) in [4.78, 5) is 16.1. The molecule has 0 bridgehead atoms. The highest BCUT2D eigenvalue weighted by Gasteiger charge is 2.13. The quantitative estimate of drug-likeness (QED) is 0.878. The molecule has 1 aromatic carbocycles. The number of hydrogen-bond acceptors (Lipinski definition) is 4. The maximum absolute atomic E-state index is 12.1. The van der Waals surface area contributed by atoms with Gasteiger partial charge in [0.05, 0.1) is 17.1 Å².